The molecule has 0 radical (unpaired) electrons. The minimum Gasteiger partial charge on any atom is -0.490 e. The van der Waals surface area contributed by atoms with E-state index in [4.69, 9.17) is 9.47 Å². The molecule has 5 heteroatoms. The first-order chi connectivity index (χ1) is 8.55. The van der Waals surface area contributed by atoms with Crippen molar-refractivity contribution in [2.24, 2.45) is 0 Å². The number of carbonyl (C=O) groups excluding carboxylic acids is 1. The molecule has 5 nitrogen and oxygen atoms in total. The van der Waals surface area contributed by atoms with Crippen LogP contribution >= 0.6 is 0 Å². The maximum absolute atomic E-state index is 11.5. The highest BCUT2D eigenvalue weighted by atomic mass is 16.5. The van der Waals surface area contributed by atoms with E-state index in [1.165, 1.54) is 14.0 Å². The summed E-state index contributed by atoms with van der Waals surface area (Å²) in [7, 11) is 1.24. The number of rotatable bonds is 2. The summed E-state index contributed by atoms with van der Waals surface area (Å²) in [5.74, 6) is 0.447. The first kappa shape index (κ1) is 12.7. The van der Waals surface area contributed by atoms with Crippen molar-refractivity contribution in [3.05, 3.63) is 23.8 Å². The fraction of sp³-hybridized carbons (Fsp3) is 0.462. The third-order valence-corrected chi connectivity index (χ3v) is 2.89. The van der Waals surface area contributed by atoms with E-state index in [1.807, 2.05) is 0 Å². The van der Waals surface area contributed by atoms with Gasteiger partial charge in [0.2, 0.25) is 0 Å². The van der Waals surface area contributed by atoms with E-state index in [1.54, 1.807) is 18.2 Å². The average Bonchev–Trinajstić information content (AvgIpc) is 2.61. The molecule has 1 N–H and O–H groups in total. The Morgan fingerprint density at radius 3 is 2.67 bits per heavy atom. The van der Waals surface area contributed by atoms with Gasteiger partial charge in [-0.05, 0) is 24.6 Å². The summed E-state index contributed by atoms with van der Waals surface area (Å²) in [6.45, 7) is 2.54. The number of esters is 1. The van der Waals surface area contributed by atoms with Crippen molar-refractivity contribution in [1.82, 2.24) is 0 Å². The van der Waals surface area contributed by atoms with Crippen LogP contribution < -0.4 is 9.47 Å². The largest absolute Gasteiger partial charge is 0.490 e. The van der Waals surface area contributed by atoms with E-state index in [-0.39, 0.29) is 0 Å². The van der Waals surface area contributed by atoms with Crippen molar-refractivity contribution in [1.29, 1.82) is 0 Å². The second-order valence-electron chi connectivity index (χ2n) is 4.28. The Morgan fingerprint density at radius 1 is 1.33 bits per heavy atom. The number of fused-ring (bicyclic) bond motifs is 1. The smallest absolute Gasteiger partial charge is 0.342 e. The molecule has 18 heavy (non-hydrogen) atoms. The highest BCUT2D eigenvalue weighted by Gasteiger charge is 2.34. The molecule has 0 amide bonds. The van der Waals surface area contributed by atoms with Crippen LogP contribution in [-0.4, -0.2) is 31.4 Å². The van der Waals surface area contributed by atoms with Gasteiger partial charge in [0.15, 0.2) is 17.1 Å². The minimum atomic E-state index is -1.69. The molecule has 0 aliphatic carbocycles. The third-order valence-electron chi connectivity index (χ3n) is 2.89. The van der Waals surface area contributed by atoms with Gasteiger partial charge < -0.3 is 19.3 Å². The second kappa shape index (κ2) is 4.86. The van der Waals surface area contributed by atoms with Crippen molar-refractivity contribution < 1.29 is 24.1 Å². The number of methoxy groups -OCH3 is 1. The molecule has 1 aromatic rings. The number of aliphatic hydroxyl groups is 1. The molecule has 0 spiro atoms. The first-order valence-corrected chi connectivity index (χ1v) is 5.76. The third kappa shape index (κ3) is 2.26. The zero-order chi connectivity index (χ0) is 13.2. The van der Waals surface area contributed by atoms with Crippen LogP contribution in [0.15, 0.2) is 18.2 Å². The number of benzene rings is 1. The molecular weight excluding hydrogens is 236 g/mol. The van der Waals surface area contributed by atoms with Gasteiger partial charge in [0.1, 0.15) is 0 Å². The molecule has 2 rings (SSSR count). The van der Waals surface area contributed by atoms with Crippen molar-refractivity contribution in [3.8, 4) is 11.5 Å². The van der Waals surface area contributed by atoms with Crippen molar-refractivity contribution in [2.75, 3.05) is 20.3 Å². The standard InChI is InChI=1S/C13H16O5/c1-13(15,12(14)16-2)9-4-5-10-11(8-9)18-7-3-6-17-10/h4-5,8,15H,3,6-7H2,1-2H3. The topological polar surface area (TPSA) is 65.0 Å². The van der Waals surface area contributed by atoms with Gasteiger partial charge in [-0.2, -0.15) is 0 Å². The molecule has 1 aliphatic heterocycles. The van der Waals surface area contributed by atoms with E-state index in [0.29, 0.717) is 30.3 Å². The van der Waals surface area contributed by atoms with Crippen LogP contribution in [0.2, 0.25) is 0 Å². The molecule has 1 aromatic carbocycles. The van der Waals surface area contributed by atoms with Crippen LogP contribution in [-0.2, 0) is 15.1 Å². The lowest BCUT2D eigenvalue weighted by Crippen LogP contribution is -2.33. The lowest BCUT2D eigenvalue weighted by molar-refractivity contribution is -0.161. The average molecular weight is 252 g/mol. The lowest BCUT2D eigenvalue weighted by atomic mass is 9.96. The molecule has 1 heterocycles. The van der Waals surface area contributed by atoms with Crippen LogP contribution in [0, 0.1) is 0 Å². The Bertz CT molecular complexity index is 453. The maximum atomic E-state index is 11.5. The molecule has 1 unspecified atom stereocenters. The van der Waals surface area contributed by atoms with Gasteiger partial charge >= 0.3 is 5.97 Å². The summed E-state index contributed by atoms with van der Waals surface area (Å²) in [4.78, 5) is 11.5. The van der Waals surface area contributed by atoms with Crippen LogP contribution in [0.4, 0.5) is 0 Å². The lowest BCUT2D eigenvalue weighted by Gasteiger charge is -2.21. The molecule has 1 atom stereocenters. The summed E-state index contributed by atoms with van der Waals surface area (Å²) in [5.41, 5.74) is -1.28. The van der Waals surface area contributed by atoms with Crippen LogP contribution in [0.1, 0.15) is 18.9 Å². The van der Waals surface area contributed by atoms with Gasteiger partial charge in [0.25, 0.3) is 0 Å². The fourth-order valence-electron chi connectivity index (χ4n) is 1.78. The molecule has 98 valence electrons. The quantitative estimate of drug-likeness (QED) is 0.802. The minimum absolute atomic E-state index is 0.415. The zero-order valence-electron chi connectivity index (χ0n) is 10.4. The summed E-state index contributed by atoms with van der Waals surface area (Å²) in [5, 5.41) is 10.2. The van der Waals surface area contributed by atoms with Gasteiger partial charge in [-0.15, -0.1) is 0 Å². The first-order valence-electron chi connectivity index (χ1n) is 5.76. The SMILES string of the molecule is COC(=O)C(C)(O)c1ccc2c(c1)OCCCO2. The van der Waals surface area contributed by atoms with E-state index >= 15 is 0 Å². The van der Waals surface area contributed by atoms with E-state index in [0.717, 1.165) is 6.42 Å². The second-order valence-corrected chi connectivity index (χ2v) is 4.28. The van der Waals surface area contributed by atoms with Gasteiger partial charge in [0, 0.05) is 6.42 Å². The Labute approximate surface area is 105 Å². The predicted octanol–water partition coefficient (Wildman–Crippen LogP) is 1.23. The highest BCUT2D eigenvalue weighted by Crippen LogP contribution is 2.34. The summed E-state index contributed by atoms with van der Waals surface area (Å²) in [6, 6.07) is 4.93. The zero-order valence-corrected chi connectivity index (χ0v) is 10.4. The molecule has 0 aromatic heterocycles. The summed E-state index contributed by atoms with van der Waals surface area (Å²) < 4.78 is 15.6. The maximum Gasteiger partial charge on any atom is 0.342 e. The van der Waals surface area contributed by atoms with Crippen molar-refractivity contribution in [2.45, 2.75) is 18.9 Å². The number of ether oxygens (including phenoxy) is 3. The normalized spacial score (nSPS) is 17.5. The Kier molecular flexibility index (Phi) is 3.43. The molecule has 0 saturated carbocycles. The Hall–Kier alpha value is -1.75. The van der Waals surface area contributed by atoms with E-state index in [2.05, 4.69) is 4.74 Å². The molecule has 1 aliphatic rings. The van der Waals surface area contributed by atoms with Gasteiger partial charge in [0.05, 0.1) is 20.3 Å². The summed E-state index contributed by atoms with van der Waals surface area (Å²) in [6.07, 6.45) is 0.803. The molecular formula is C13H16O5. The molecule has 0 fully saturated rings. The van der Waals surface area contributed by atoms with Crippen molar-refractivity contribution >= 4 is 5.97 Å². The van der Waals surface area contributed by atoms with Crippen molar-refractivity contribution in [3.63, 3.8) is 0 Å². The van der Waals surface area contributed by atoms with Gasteiger partial charge in [-0.25, -0.2) is 4.79 Å². The highest BCUT2D eigenvalue weighted by molar-refractivity contribution is 5.80. The van der Waals surface area contributed by atoms with Gasteiger partial charge in [-0.3, -0.25) is 0 Å². The number of hydrogen-bond acceptors (Lipinski definition) is 5. The Balaban J connectivity index is 2.36. The van der Waals surface area contributed by atoms with Crippen LogP contribution in [0.5, 0.6) is 11.5 Å². The Morgan fingerprint density at radius 2 is 2.00 bits per heavy atom. The van der Waals surface area contributed by atoms with Crippen LogP contribution in [0.3, 0.4) is 0 Å². The fourth-order valence-corrected chi connectivity index (χ4v) is 1.78. The van der Waals surface area contributed by atoms with Gasteiger partial charge in [-0.1, -0.05) is 6.07 Å². The monoisotopic (exact) mass is 252 g/mol. The predicted molar refractivity (Wildman–Crippen MR) is 63.6 cm³/mol. The molecule has 0 bridgehead atoms. The number of carbonyl (C=O) groups is 1. The van der Waals surface area contributed by atoms with E-state index < -0.39 is 11.6 Å². The molecule has 0 saturated heterocycles. The van der Waals surface area contributed by atoms with E-state index in [9.17, 15) is 9.90 Å². The summed E-state index contributed by atoms with van der Waals surface area (Å²) >= 11 is 0. The van der Waals surface area contributed by atoms with Crippen LogP contribution in [0.25, 0.3) is 0 Å². The number of hydrogen-bond donors (Lipinski definition) is 1.